The highest BCUT2D eigenvalue weighted by atomic mass is 35.5. The fourth-order valence-electron chi connectivity index (χ4n) is 1.62. The standard InChI is InChI=1S/C13H15ClN2O2S/c1-3-7-16(8-4-2)19(17,18)13-6-5-11(10-15)9-12(13)14/h3,5-6,9H,1,4,7-8H2,2H3. The van der Waals surface area contributed by atoms with Crippen molar-refractivity contribution in [2.24, 2.45) is 0 Å². The van der Waals surface area contributed by atoms with Crippen molar-refractivity contribution in [2.45, 2.75) is 18.2 Å². The molecule has 0 atom stereocenters. The number of rotatable bonds is 6. The van der Waals surface area contributed by atoms with Gasteiger partial charge in [0.15, 0.2) is 0 Å². The Balaban J connectivity index is 3.25. The van der Waals surface area contributed by atoms with Crippen molar-refractivity contribution in [1.82, 2.24) is 4.31 Å². The van der Waals surface area contributed by atoms with Crippen LogP contribution in [0.15, 0.2) is 35.7 Å². The molecule has 0 amide bonds. The number of sulfonamides is 1. The zero-order chi connectivity index (χ0) is 14.5. The first-order chi connectivity index (χ1) is 8.97. The maximum absolute atomic E-state index is 12.4. The molecule has 102 valence electrons. The second kappa shape index (κ2) is 6.71. The maximum Gasteiger partial charge on any atom is 0.244 e. The molecule has 0 spiro atoms. The Labute approximate surface area is 119 Å². The van der Waals surface area contributed by atoms with Gasteiger partial charge in [0.25, 0.3) is 0 Å². The summed E-state index contributed by atoms with van der Waals surface area (Å²) in [4.78, 5) is 0.0171. The molecule has 4 nitrogen and oxygen atoms in total. The maximum atomic E-state index is 12.4. The molecule has 0 aliphatic carbocycles. The molecule has 0 saturated carbocycles. The van der Waals surface area contributed by atoms with Crippen molar-refractivity contribution >= 4 is 21.6 Å². The molecule has 0 aromatic heterocycles. The van der Waals surface area contributed by atoms with E-state index in [0.29, 0.717) is 18.5 Å². The molecule has 1 aromatic carbocycles. The molecule has 0 fully saturated rings. The summed E-state index contributed by atoms with van der Waals surface area (Å²) in [6.07, 6.45) is 2.23. The molecule has 0 N–H and O–H groups in total. The highest BCUT2D eigenvalue weighted by molar-refractivity contribution is 7.89. The van der Waals surface area contributed by atoms with Gasteiger partial charge >= 0.3 is 0 Å². The molecule has 1 rings (SSSR count). The summed E-state index contributed by atoms with van der Waals surface area (Å²) in [5.41, 5.74) is 0.328. The average molecular weight is 299 g/mol. The van der Waals surface area contributed by atoms with E-state index in [1.54, 1.807) is 0 Å². The van der Waals surface area contributed by atoms with Crippen molar-refractivity contribution in [2.75, 3.05) is 13.1 Å². The molecule has 0 bridgehead atoms. The Kier molecular flexibility index (Phi) is 5.55. The topological polar surface area (TPSA) is 61.2 Å². The molecule has 0 saturated heterocycles. The Morgan fingerprint density at radius 2 is 2.21 bits per heavy atom. The fraction of sp³-hybridized carbons (Fsp3) is 0.308. The first-order valence-electron chi connectivity index (χ1n) is 5.78. The summed E-state index contributed by atoms with van der Waals surface area (Å²) < 4.78 is 26.2. The monoisotopic (exact) mass is 298 g/mol. The van der Waals surface area contributed by atoms with Crippen LogP contribution in [0.2, 0.25) is 5.02 Å². The molecule has 1 aromatic rings. The predicted molar refractivity (Wildman–Crippen MR) is 75.4 cm³/mol. The van der Waals surface area contributed by atoms with Crippen LogP contribution in [0.3, 0.4) is 0 Å². The Morgan fingerprint density at radius 3 is 2.68 bits per heavy atom. The summed E-state index contributed by atoms with van der Waals surface area (Å²) in [6.45, 7) is 6.07. The zero-order valence-electron chi connectivity index (χ0n) is 10.6. The molecule has 0 aliphatic rings. The van der Waals surface area contributed by atoms with Crippen LogP contribution in [0.25, 0.3) is 0 Å². The van der Waals surface area contributed by atoms with Crippen LogP contribution < -0.4 is 0 Å². The van der Waals surface area contributed by atoms with Gasteiger partial charge in [-0.3, -0.25) is 0 Å². The van der Waals surface area contributed by atoms with Crippen LogP contribution in [0.4, 0.5) is 0 Å². The lowest BCUT2D eigenvalue weighted by molar-refractivity contribution is 0.441. The number of nitrogens with zero attached hydrogens (tertiary/aromatic N) is 2. The van der Waals surface area contributed by atoms with E-state index in [1.165, 1.54) is 28.6 Å². The quantitative estimate of drug-likeness (QED) is 0.759. The van der Waals surface area contributed by atoms with E-state index in [2.05, 4.69) is 6.58 Å². The lowest BCUT2D eigenvalue weighted by Gasteiger charge is -2.20. The molecule has 0 aliphatic heterocycles. The van der Waals surface area contributed by atoms with Gasteiger partial charge in [0.1, 0.15) is 4.90 Å². The highest BCUT2D eigenvalue weighted by Gasteiger charge is 2.25. The first-order valence-corrected chi connectivity index (χ1v) is 7.59. The summed E-state index contributed by atoms with van der Waals surface area (Å²) in [7, 11) is -3.66. The van der Waals surface area contributed by atoms with E-state index in [4.69, 9.17) is 16.9 Å². The average Bonchev–Trinajstić information content (AvgIpc) is 2.38. The van der Waals surface area contributed by atoms with Gasteiger partial charge in [-0.1, -0.05) is 24.6 Å². The van der Waals surface area contributed by atoms with E-state index >= 15 is 0 Å². The van der Waals surface area contributed by atoms with Crippen molar-refractivity contribution < 1.29 is 8.42 Å². The zero-order valence-corrected chi connectivity index (χ0v) is 12.2. The third kappa shape index (κ3) is 3.57. The van der Waals surface area contributed by atoms with Crippen LogP contribution >= 0.6 is 11.6 Å². The van der Waals surface area contributed by atoms with Gasteiger partial charge in [-0.25, -0.2) is 8.42 Å². The first kappa shape index (κ1) is 15.7. The summed E-state index contributed by atoms with van der Waals surface area (Å²) >= 11 is 5.95. The lowest BCUT2D eigenvalue weighted by atomic mass is 10.2. The lowest BCUT2D eigenvalue weighted by Crippen LogP contribution is -2.32. The number of hydrogen-bond acceptors (Lipinski definition) is 3. The van der Waals surface area contributed by atoms with Gasteiger partial charge in [-0.2, -0.15) is 9.57 Å². The molecule has 6 heteroatoms. The summed E-state index contributed by atoms with van der Waals surface area (Å²) in [5.74, 6) is 0. The smallest absolute Gasteiger partial charge is 0.207 e. The molecule has 0 unspecified atom stereocenters. The van der Waals surface area contributed by atoms with Crippen LogP contribution in [0.1, 0.15) is 18.9 Å². The minimum Gasteiger partial charge on any atom is -0.207 e. The van der Waals surface area contributed by atoms with Crippen LogP contribution in [-0.2, 0) is 10.0 Å². The van der Waals surface area contributed by atoms with Gasteiger partial charge in [0, 0.05) is 13.1 Å². The molecular formula is C13H15ClN2O2S. The van der Waals surface area contributed by atoms with Gasteiger partial charge in [-0.05, 0) is 24.6 Å². The molecular weight excluding hydrogens is 284 g/mol. The van der Waals surface area contributed by atoms with Gasteiger partial charge in [0.2, 0.25) is 10.0 Å². The summed E-state index contributed by atoms with van der Waals surface area (Å²) in [6, 6.07) is 6.07. The third-order valence-corrected chi connectivity index (χ3v) is 4.83. The molecule has 0 heterocycles. The summed E-state index contributed by atoms with van der Waals surface area (Å²) in [5, 5.41) is 8.81. The second-order valence-electron chi connectivity index (χ2n) is 3.91. The second-order valence-corrected chi connectivity index (χ2v) is 6.22. The number of halogens is 1. The van der Waals surface area contributed by atoms with Crippen molar-refractivity contribution in [3.05, 3.63) is 41.4 Å². The van der Waals surface area contributed by atoms with Crippen molar-refractivity contribution in [3.8, 4) is 6.07 Å². The predicted octanol–water partition coefficient (Wildman–Crippen LogP) is 2.80. The van der Waals surface area contributed by atoms with E-state index in [-0.39, 0.29) is 16.5 Å². The highest BCUT2D eigenvalue weighted by Crippen LogP contribution is 2.25. The number of benzene rings is 1. The van der Waals surface area contributed by atoms with E-state index in [0.717, 1.165) is 0 Å². The normalized spacial score (nSPS) is 11.3. The third-order valence-electron chi connectivity index (χ3n) is 2.48. The van der Waals surface area contributed by atoms with Crippen molar-refractivity contribution in [1.29, 1.82) is 5.26 Å². The Bertz CT molecular complexity index is 606. The van der Waals surface area contributed by atoms with Crippen molar-refractivity contribution in [3.63, 3.8) is 0 Å². The van der Waals surface area contributed by atoms with E-state index in [1.807, 2.05) is 13.0 Å². The van der Waals surface area contributed by atoms with Gasteiger partial charge in [0.05, 0.1) is 16.7 Å². The number of hydrogen-bond donors (Lipinski definition) is 0. The molecule has 19 heavy (non-hydrogen) atoms. The van der Waals surface area contributed by atoms with Gasteiger partial charge < -0.3 is 0 Å². The fourth-order valence-corrected chi connectivity index (χ4v) is 3.64. The van der Waals surface area contributed by atoms with E-state index < -0.39 is 10.0 Å². The van der Waals surface area contributed by atoms with Crippen LogP contribution in [0.5, 0.6) is 0 Å². The Hall–Kier alpha value is -1.35. The largest absolute Gasteiger partial charge is 0.244 e. The van der Waals surface area contributed by atoms with E-state index in [9.17, 15) is 8.42 Å². The SMILES string of the molecule is C=CCN(CCC)S(=O)(=O)c1ccc(C#N)cc1Cl. The minimum atomic E-state index is -3.66. The van der Waals surface area contributed by atoms with Crippen LogP contribution in [0, 0.1) is 11.3 Å². The number of nitriles is 1. The Morgan fingerprint density at radius 1 is 1.53 bits per heavy atom. The minimum absolute atomic E-state index is 0.0171. The molecule has 0 radical (unpaired) electrons. The van der Waals surface area contributed by atoms with Crippen LogP contribution in [-0.4, -0.2) is 25.8 Å². The van der Waals surface area contributed by atoms with Gasteiger partial charge in [-0.15, -0.1) is 6.58 Å².